The van der Waals surface area contributed by atoms with E-state index in [2.05, 4.69) is 5.32 Å². The first kappa shape index (κ1) is 19.5. The second-order valence-electron chi connectivity index (χ2n) is 6.45. The highest BCUT2D eigenvalue weighted by atomic mass is 16.5. The molecule has 0 unspecified atom stereocenters. The van der Waals surface area contributed by atoms with Crippen LogP contribution in [-0.2, 0) is 4.79 Å². The van der Waals surface area contributed by atoms with Gasteiger partial charge in [0.15, 0.2) is 11.5 Å². The summed E-state index contributed by atoms with van der Waals surface area (Å²) in [6, 6.07) is 10.5. The number of anilines is 1. The normalized spacial score (nSPS) is 10.7. The highest BCUT2D eigenvalue weighted by Gasteiger charge is 2.20. The van der Waals surface area contributed by atoms with Crippen LogP contribution in [0, 0.1) is 6.92 Å². The smallest absolute Gasteiger partial charge is 0.226 e. The Kier molecular flexibility index (Phi) is 5.68. The lowest BCUT2D eigenvalue weighted by Gasteiger charge is -2.14. The zero-order valence-corrected chi connectivity index (χ0v) is 16.4. The number of carbonyl (C=O) groups is 1. The van der Waals surface area contributed by atoms with Gasteiger partial charge in [-0.25, -0.2) is 0 Å². The summed E-state index contributed by atoms with van der Waals surface area (Å²) in [6.07, 6.45) is 1.02. The number of para-hydroxylation sites is 1. The predicted octanol–water partition coefficient (Wildman–Crippen LogP) is 4.52. The number of aryl methyl sites for hydroxylation is 1. The van der Waals surface area contributed by atoms with Crippen molar-refractivity contribution in [2.24, 2.45) is 0 Å². The molecule has 28 heavy (non-hydrogen) atoms. The van der Waals surface area contributed by atoms with Crippen LogP contribution in [0.1, 0.15) is 25.3 Å². The molecule has 3 aromatic rings. The van der Waals surface area contributed by atoms with E-state index in [1.54, 1.807) is 31.4 Å². The molecule has 0 atom stereocenters. The molecule has 0 bridgehead atoms. The topological polar surface area (TPSA) is 77.8 Å². The molecule has 146 valence electrons. The van der Waals surface area contributed by atoms with Crippen molar-refractivity contribution >= 4 is 22.8 Å². The van der Waals surface area contributed by atoms with E-state index in [4.69, 9.17) is 13.9 Å². The minimum absolute atomic E-state index is 0.137. The van der Waals surface area contributed by atoms with Crippen molar-refractivity contribution < 1.29 is 18.7 Å². The summed E-state index contributed by atoms with van der Waals surface area (Å²) in [5.74, 6) is 0.955. The van der Waals surface area contributed by atoms with Crippen LogP contribution in [0.4, 0.5) is 5.88 Å². The minimum Gasteiger partial charge on any atom is -0.493 e. The van der Waals surface area contributed by atoms with Crippen LogP contribution >= 0.6 is 0 Å². The van der Waals surface area contributed by atoms with Crippen LogP contribution in [0.3, 0.4) is 0 Å². The Balaban J connectivity index is 2.29. The van der Waals surface area contributed by atoms with E-state index >= 15 is 0 Å². The van der Waals surface area contributed by atoms with E-state index in [1.165, 1.54) is 7.11 Å². The van der Waals surface area contributed by atoms with Crippen molar-refractivity contribution in [3.8, 4) is 22.6 Å². The van der Waals surface area contributed by atoms with E-state index in [0.29, 0.717) is 40.9 Å². The Morgan fingerprint density at radius 2 is 1.86 bits per heavy atom. The number of benzene rings is 2. The van der Waals surface area contributed by atoms with Crippen LogP contribution in [0.5, 0.6) is 11.5 Å². The van der Waals surface area contributed by atoms with Gasteiger partial charge in [-0.05, 0) is 42.7 Å². The highest BCUT2D eigenvalue weighted by Crippen LogP contribution is 2.35. The molecule has 0 saturated heterocycles. The van der Waals surface area contributed by atoms with Crippen molar-refractivity contribution in [2.75, 3.05) is 19.5 Å². The van der Waals surface area contributed by atoms with E-state index in [0.717, 1.165) is 5.56 Å². The maximum Gasteiger partial charge on any atom is 0.226 e. The van der Waals surface area contributed by atoms with Gasteiger partial charge in [0.2, 0.25) is 17.2 Å². The fourth-order valence-corrected chi connectivity index (χ4v) is 3.12. The molecule has 6 heteroatoms. The van der Waals surface area contributed by atoms with Gasteiger partial charge >= 0.3 is 0 Å². The quantitative estimate of drug-likeness (QED) is 0.679. The lowest BCUT2D eigenvalue weighted by atomic mass is 10.0. The van der Waals surface area contributed by atoms with E-state index < -0.39 is 0 Å². The number of ether oxygens (including phenoxy) is 2. The summed E-state index contributed by atoms with van der Waals surface area (Å²) in [7, 11) is 3.07. The van der Waals surface area contributed by atoms with Gasteiger partial charge < -0.3 is 13.9 Å². The van der Waals surface area contributed by atoms with Gasteiger partial charge in [0.1, 0.15) is 5.58 Å². The van der Waals surface area contributed by atoms with Gasteiger partial charge in [-0.1, -0.05) is 25.1 Å². The van der Waals surface area contributed by atoms with Gasteiger partial charge in [0.05, 0.1) is 25.2 Å². The molecule has 0 radical (unpaired) electrons. The third-order valence-corrected chi connectivity index (χ3v) is 4.52. The lowest BCUT2D eigenvalue weighted by Crippen LogP contribution is -2.16. The maximum atomic E-state index is 13.3. The van der Waals surface area contributed by atoms with E-state index in [1.807, 2.05) is 26.0 Å². The zero-order chi connectivity index (χ0) is 20.3. The average Bonchev–Trinajstić information content (AvgIpc) is 2.69. The molecule has 0 fully saturated rings. The SMILES string of the molecule is CCCC(=O)Nc1oc2c(C)cccc2c(=O)c1-c1ccc(OC)c(OC)c1. The molecule has 0 aliphatic heterocycles. The molecule has 1 N–H and O–H groups in total. The van der Waals surface area contributed by atoms with Gasteiger partial charge in [0, 0.05) is 6.42 Å². The Morgan fingerprint density at radius 3 is 2.54 bits per heavy atom. The molecule has 1 heterocycles. The fraction of sp³-hybridized carbons (Fsp3) is 0.273. The molecule has 6 nitrogen and oxygen atoms in total. The second kappa shape index (κ2) is 8.17. The molecule has 0 spiro atoms. The summed E-state index contributed by atoms with van der Waals surface area (Å²) in [5, 5.41) is 3.22. The fourth-order valence-electron chi connectivity index (χ4n) is 3.12. The van der Waals surface area contributed by atoms with Crippen molar-refractivity contribution in [1.82, 2.24) is 0 Å². The molecule has 3 rings (SSSR count). The van der Waals surface area contributed by atoms with Crippen molar-refractivity contribution in [3.05, 3.63) is 52.2 Å². The van der Waals surface area contributed by atoms with Gasteiger partial charge in [-0.2, -0.15) is 0 Å². The molecule has 1 aromatic heterocycles. The predicted molar refractivity (Wildman–Crippen MR) is 109 cm³/mol. The van der Waals surface area contributed by atoms with Gasteiger partial charge in [0.25, 0.3) is 0 Å². The number of amides is 1. The van der Waals surface area contributed by atoms with Crippen LogP contribution in [0.25, 0.3) is 22.1 Å². The van der Waals surface area contributed by atoms with E-state index in [-0.39, 0.29) is 22.8 Å². The molecule has 1 amide bonds. The number of hydrogen-bond donors (Lipinski definition) is 1. The first-order chi connectivity index (χ1) is 13.5. The number of carbonyl (C=O) groups excluding carboxylic acids is 1. The average molecular weight is 381 g/mol. The summed E-state index contributed by atoms with van der Waals surface area (Å²) >= 11 is 0. The first-order valence-electron chi connectivity index (χ1n) is 9.08. The number of methoxy groups -OCH3 is 2. The van der Waals surface area contributed by atoms with Gasteiger partial charge in [-0.15, -0.1) is 0 Å². The number of hydrogen-bond acceptors (Lipinski definition) is 5. The van der Waals surface area contributed by atoms with Crippen molar-refractivity contribution in [3.63, 3.8) is 0 Å². The number of fused-ring (bicyclic) bond motifs is 1. The van der Waals surface area contributed by atoms with Crippen molar-refractivity contribution in [2.45, 2.75) is 26.7 Å². The highest BCUT2D eigenvalue weighted by molar-refractivity contribution is 5.96. The van der Waals surface area contributed by atoms with Crippen LogP contribution in [-0.4, -0.2) is 20.1 Å². The Morgan fingerprint density at radius 1 is 1.11 bits per heavy atom. The largest absolute Gasteiger partial charge is 0.493 e. The number of nitrogens with one attached hydrogen (secondary N) is 1. The standard InChI is InChI=1S/C22H23NO5/c1-5-7-18(24)23-22-19(14-10-11-16(26-3)17(12-14)27-4)20(25)15-9-6-8-13(2)21(15)28-22/h6,8-12H,5,7H2,1-4H3,(H,23,24). The molecule has 0 saturated carbocycles. The van der Waals surface area contributed by atoms with E-state index in [9.17, 15) is 9.59 Å². The summed E-state index contributed by atoms with van der Waals surface area (Å²) < 4.78 is 16.6. The maximum absolute atomic E-state index is 13.3. The molecule has 2 aromatic carbocycles. The summed E-state index contributed by atoms with van der Waals surface area (Å²) in [4.78, 5) is 25.5. The summed E-state index contributed by atoms with van der Waals surface area (Å²) in [5.41, 5.74) is 1.91. The van der Waals surface area contributed by atoms with Crippen LogP contribution < -0.4 is 20.2 Å². The third-order valence-electron chi connectivity index (χ3n) is 4.52. The van der Waals surface area contributed by atoms with Crippen LogP contribution in [0.2, 0.25) is 0 Å². The zero-order valence-electron chi connectivity index (χ0n) is 16.4. The summed E-state index contributed by atoms with van der Waals surface area (Å²) in [6.45, 7) is 3.77. The monoisotopic (exact) mass is 381 g/mol. The van der Waals surface area contributed by atoms with Crippen molar-refractivity contribution in [1.29, 1.82) is 0 Å². The van der Waals surface area contributed by atoms with Crippen LogP contribution in [0.15, 0.2) is 45.6 Å². The van der Waals surface area contributed by atoms with Gasteiger partial charge in [-0.3, -0.25) is 14.9 Å². The molecular formula is C22H23NO5. The Bertz CT molecular complexity index is 1080. The molecule has 0 aliphatic rings. The number of rotatable bonds is 6. The Hall–Kier alpha value is -3.28. The Labute approximate surface area is 163 Å². The first-order valence-corrected chi connectivity index (χ1v) is 9.08. The molecule has 0 aliphatic carbocycles. The lowest BCUT2D eigenvalue weighted by molar-refractivity contribution is -0.116. The second-order valence-corrected chi connectivity index (χ2v) is 6.45. The molecular weight excluding hydrogens is 358 g/mol. The minimum atomic E-state index is -0.219. The third kappa shape index (κ3) is 3.58.